The number of hydrogen-bond acceptors (Lipinski definition) is 5. The Kier molecular flexibility index (Phi) is 5.29. The number of methoxy groups -OCH3 is 1. The van der Waals surface area contributed by atoms with Crippen LogP contribution in [0.25, 0.3) is 5.76 Å². The van der Waals surface area contributed by atoms with Crippen LogP contribution in [0, 0.1) is 12.7 Å². The first-order valence-corrected chi connectivity index (χ1v) is 9.66. The van der Waals surface area contributed by atoms with Gasteiger partial charge in [0.2, 0.25) is 0 Å². The molecule has 1 aliphatic rings. The monoisotopic (exact) mass is 441 g/mol. The zero-order chi connectivity index (χ0) is 22.3. The van der Waals surface area contributed by atoms with Crippen LogP contribution in [-0.4, -0.2) is 23.9 Å². The molecule has 0 spiro atoms. The molecule has 8 heteroatoms. The molecule has 1 saturated heterocycles. The van der Waals surface area contributed by atoms with Gasteiger partial charge in [-0.15, -0.1) is 0 Å². The third-order valence-corrected chi connectivity index (χ3v) is 5.30. The number of furan rings is 1. The van der Waals surface area contributed by atoms with E-state index in [4.69, 9.17) is 20.8 Å². The maximum Gasteiger partial charge on any atom is 0.300 e. The SMILES string of the molecule is COc1ccc(/C(O)=C2/C(=O)C(=O)N(c3ccc(F)cc3)C2c2ccc(C)o2)cc1Cl. The summed E-state index contributed by atoms with van der Waals surface area (Å²) in [6.45, 7) is 1.72. The lowest BCUT2D eigenvalue weighted by Gasteiger charge is -2.23. The summed E-state index contributed by atoms with van der Waals surface area (Å²) in [5.74, 6) is -1.43. The number of carbonyl (C=O) groups excluding carboxylic acids is 2. The summed E-state index contributed by atoms with van der Waals surface area (Å²) in [6.07, 6.45) is 0. The minimum Gasteiger partial charge on any atom is -0.507 e. The van der Waals surface area contributed by atoms with Crippen molar-refractivity contribution in [3.05, 3.63) is 88.1 Å². The smallest absolute Gasteiger partial charge is 0.300 e. The van der Waals surface area contributed by atoms with Crippen molar-refractivity contribution >= 4 is 34.7 Å². The van der Waals surface area contributed by atoms with Gasteiger partial charge in [0.05, 0.1) is 17.7 Å². The van der Waals surface area contributed by atoms with E-state index in [1.54, 1.807) is 25.1 Å². The highest BCUT2D eigenvalue weighted by molar-refractivity contribution is 6.51. The Morgan fingerprint density at radius 2 is 1.84 bits per heavy atom. The maximum atomic E-state index is 13.4. The fraction of sp³-hybridized carbons (Fsp3) is 0.130. The van der Waals surface area contributed by atoms with E-state index in [0.29, 0.717) is 11.5 Å². The van der Waals surface area contributed by atoms with E-state index in [2.05, 4.69) is 0 Å². The number of benzene rings is 2. The molecule has 158 valence electrons. The molecule has 1 aliphatic heterocycles. The van der Waals surface area contributed by atoms with Crippen LogP contribution in [0.1, 0.15) is 23.1 Å². The van der Waals surface area contributed by atoms with Crippen LogP contribution < -0.4 is 9.64 Å². The van der Waals surface area contributed by atoms with Crippen LogP contribution >= 0.6 is 11.6 Å². The van der Waals surface area contributed by atoms with Crippen molar-refractivity contribution in [2.45, 2.75) is 13.0 Å². The Bertz CT molecular complexity index is 1210. The number of nitrogens with zero attached hydrogens (tertiary/aromatic N) is 1. The van der Waals surface area contributed by atoms with E-state index < -0.39 is 29.3 Å². The van der Waals surface area contributed by atoms with Gasteiger partial charge in [0.25, 0.3) is 11.7 Å². The van der Waals surface area contributed by atoms with Gasteiger partial charge in [0.1, 0.15) is 34.9 Å². The number of ketones is 1. The molecule has 1 N–H and O–H groups in total. The predicted molar refractivity (Wildman–Crippen MR) is 113 cm³/mol. The van der Waals surface area contributed by atoms with Crippen molar-refractivity contribution in [3.8, 4) is 5.75 Å². The van der Waals surface area contributed by atoms with E-state index in [0.717, 1.165) is 0 Å². The van der Waals surface area contributed by atoms with Gasteiger partial charge in [0, 0.05) is 11.3 Å². The van der Waals surface area contributed by atoms with Gasteiger partial charge in [-0.05, 0) is 61.5 Å². The van der Waals surface area contributed by atoms with E-state index in [1.165, 1.54) is 48.4 Å². The third-order valence-electron chi connectivity index (χ3n) is 5.01. The van der Waals surface area contributed by atoms with Gasteiger partial charge in [-0.1, -0.05) is 11.6 Å². The molecular formula is C23H17ClFNO5. The largest absolute Gasteiger partial charge is 0.507 e. The van der Waals surface area contributed by atoms with Gasteiger partial charge >= 0.3 is 0 Å². The molecule has 6 nitrogen and oxygen atoms in total. The van der Waals surface area contributed by atoms with Crippen molar-refractivity contribution in [2.75, 3.05) is 12.0 Å². The molecule has 1 fully saturated rings. The van der Waals surface area contributed by atoms with Crippen molar-refractivity contribution in [2.24, 2.45) is 0 Å². The average Bonchev–Trinajstić information content (AvgIpc) is 3.29. The third kappa shape index (κ3) is 3.57. The Morgan fingerprint density at radius 1 is 1.13 bits per heavy atom. The summed E-state index contributed by atoms with van der Waals surface area (Å²) in [7, 11) is 1.45. The van der Waals surface area contributed by atoms with Crippen LogP contribution in [0.15, 0.2) is 64.6 Å². The molecular weight excluding hydrogens is 425 g/mol. The second kappa shape index (κ2) is 7.92. The number of anilines is 1. The number of aliphatic hydroxyl groups excluding tert-OH is 1. The first kappa shape index (κ1) is 20.7. The van der Waals surface area contributed by atoms with Crippen molar-refractivity contribution in [3.63, 3.8) is 0 Å². The standard InChI is InChI=1S/C23H17ClFNO5/c1-12-3-9-18(31-12)20-19(21(27)13-4-10-17(30-2)16(24)11-13)22(28)23(29)26(20)15-7-5-14(25)6-8-15/h3-11,20,27H,1-2H3/b21-19-. The molecule has 1 aromatic heterocycles. The number of Topliss-reactive ketones (excluding diaryl/α,β-unsaturated/α-hetero) is 1. The Hall–Kier alpha value is -3.58. The fourth-order valence-electron chi connectivity index (χ4n) is 3.54. The van der Waals surface area contributed by atoms with Crippen LogP contribution in [0.4, 0.5) is 10.1 Å². The van der Waals surface area contributed by atoms with Crippen molar-refractivity contribution in [1.82, 2.24) is 0 Å². The average molecular weight is 442 g/mol. The molecule has 1 amide bonds. The molecule has 1 atom stereocenters. The number of aryl methyl sites for hydroxylation is 1. The summed E-state index contributed by atoms with van der Waals surface area (Å²) < 4.78 is 24.3. The number of amides is 1. The van der Waals surface area contributed by atoms with Crippen LogP contribution in [-0.2, 0) is 9.59 Å². The molecule has 0 radical (unpaired) electrons. The lowest BCUT2D eigenvalue weighted by atomic mass is 9.99. The quantitative estimate of drug-likeness (QED) is 0.349. The van der Waals surface area contributed by atoms with E-state index in [-0.39, 0.29) is 27.6 Å². The second-order valence-electron chi connectivity index (χ2n) is 6.94. The molecule has 2 aromatic carbocycles. The molecule has 2 heterocycles. The maximum absolute atomic E-state index is 13.4. The number of halogens is 2. The van der Waals surface area contributed by atoms with E-state index in [9.17, 15) is 19.1 Å². The van der Waals surface area contributed by atoms with Gasteiger partial charge in [-0.3, -0.25) is 14.5 Å². The van der Waals surface area contributed by atoms with Gasteiger partial charge in [-0.2, -0.15) is 0 Å². The minimum absolute atomic E-state index is 0.162. The summed E-state index contributed by atoms with van der Waals surface area (Å²) in [6, 6.07) is 11.9. The van der Waals surface area contributed by atoms with Gasteiger partial charge < -0.3 is 14.3 Å². The number of ether oxygens (including phenoxy) is 1. The molecule has 0 bridgehead atoms. The first-order chi connectivity index (χ1) is 14.8. The predicted octanol–water partition coefficient (Wildman–Crippen LogP) is 5.02. The first-order valence-electron chi connectivity index (χ1n) is 9.28. The zero-order valence-corrected chi connectivity index (χ0v) is 17.3. The highest BCUT2D eigenvalue weighted by Gasteiger charge is 2.48. The summed E-state index contributed by atoms with van der Waals surface area (Å²) in [4.78, 5) is 27.1. The highest BCUT2D eigenvalue weighted by Crippen LogP contribution is 2.43. The Balaban J connectivity index is 1.92. The molecule has 1 unspecified atom stereocenters. The topological polar surface area (TPSA) is 80.0 Å². The lowest BCUT2D eigenvalue weighted by Crippen LogP contribution is -2.29. The van der Waals surface area contributed by atoms with Gasteiger partial charge in [-0.25, -0.2) is 4.39 Å². The highest BCUT2D eigenvalue weighted by atomic mass is 35.5. The van der Waals surface area contributed by atoms with Crippen molar-refractivity contribution in [1.29, 1.82) is 0 Å². The number of rotatable bonds is 4. The summed E-state index contributed by atoms with van der Waals surface area (Å²) in [5, 5.41) is 11.2. The minimum atomic E-state index is -1.04. The lowest BCUT2D eigenvalue weighted by molar-refractivity contribution is -0.132. The van der Waals surface area contributed by atoms with Gasteiger partial charge in [0.15, 0.2) is 0 Å². The number of aliphatic hydroxyl groups is 1. The molecule has 3 aromatic rings. The second-order valence-corrected chi connectivity index (χ2v) is 7.35. The fourth-order valence-corrected chi connectivity index (χ4v) is 3.80. The molecule has 0 saturated carbocycles. The zero-order valence-electron chi connectivity index (χ0n) is 16.6. The molecule has 0 aliphatic carbocycles. The number of hydrogen-bond donors (Lipinski definition) is 1. The van der Waals surface area contributed by atoms with Crippen molar-refractivity contribution < 1.29 is 28.2 Å². The van der Waals surface area contributed by atoms with Crippen LogP contribution in [0.2, 0.25) is 5.02 Å². The van der Waals surface area contributed by atoms with E-state index in [1.807, 2.05) is 0 Å². The Labute approximate surface area is 182 Å². The van der Waals surface area contributed by atoms with E-state index >= 15 is 0 Å². The Morgan fingerprint density at radius 3 is 2.42 bits per heavy atom. The normalized spacial score (nSPS) is 17.9. The molecule has 31 heavy (non-hydrogen) atoms. The molecule has 4 rings (SSSR count). The summed E-state index contributed by atoms with van der Waals surface area (Å²) >= 11 is 6.17. The summed E-state index contributed by atoms with van der Waals surface area (Å²) in [5.41, 5.74) is 0.357. The van der Waals surface area contributed by atoms with Crippen LogP contribution in [0.5, 0.6) is 5.75 Å². The number of carbonyl (C=O) groups is 2. The van der Waals surface area contributed by atoms with Crippen LogP contribution in [0.3, 0.4) is 0 Å².